The van der Waals surface area contributed by atoms with E-state index in [1.165, 1.54) is 5.56 Å². The monoisotopic (exact) mass is 360 g/mol. The quantitative estimate of drug-likeness (QED) is 0.842. The molecule has 2 saturated heterocycles. The molecule has 0 bridgehead atoms. The number of fused-ring (bicyclic) bond motifs is 1. The Morgan fingerprint density at radius 1 is 1.16 bits per heavy atom. The molecule has 0 N–H and O–H groups in total. The van der Waals surface area contributed by atoms with Crippen LogP contribution in [0.2, 0.25) is 5.22 Å². The molecular weight excluding hydrogens is 340 g/mol. The summed E-state index contributed by atoms with van der Waals surface area (Å²) in [5, 5.41) is 0.249. The van der Waals surface area contributed by atoms with Crippen molar-refractivity contribution in [2.75, 3.05) is 33.8 Å². The fraction of sp³-hybridized carbons (Fsp3) is 0.421. The molecule has 6 heteroatoms. The van der Waals surface area contributed by atoms with Crippen molar-refractivity contribution in [3.63, 3.8) is 0 Å². The fourth-order valence-corrected chi connectivity index (χ4v) is 4.46. The van der Waals surface area contributed by atoms with Gasteiger partial charge in [-0.15, -0.1) is 0 Å². The van der Waals surface area contributed by atoms with E-state index in [0.29, 0.717) is 23.6 Å². The summed E-state index contributed by atoms with van der Waals surface area (Å²) >= 11 is 5.80. The lowest BCUT2D eigenvalue weighted by atomic mass is 9.89. The maximum Gasteiger partial charge on any atom is 0.289 e. The van der Waals surface area contributed by atoms with E-state index < -0.39 is 0 Å². The molecule has 0 spiro atoms. The van der Waals surface area contributed by atoms with Crippen molar-refractivity contribution in [1.29, 1.82) is 0 Å². The van der Waals surface area contributed by atoms with Gasteiger partial charge in [-0.2, -0.15) is 0 Å². The van der Waals surface area contributed by atoms with Gasteiger partial charge in [-0.05, 0) is 54.4 Å². The third-order valence-corrected chi connectivity index (χ3v) is 5.63. The Labute approximate surface area is 152 Å². The van der Waals surface area contributed by atoms with Gasteiger partial charge in [-0.3, -0.25) is 9.69 Å². The summed E-state index contributed by atoms with van der Waals surface area (Å²) < 4.78 is 10.5. The lowest BCUT2D eigenvalue weighted by Gasteiger charge is -2.26. The zero-order chi connectivity index (χ0) is 17.6. The van der Waals surface area contributed by atoms with Gasteiger partial charge in [0.05, 0.1) is 7.11 Å². The zero-order valence-corrected chi connectivity index (χ0v) is 15.1. The average molecular weight is 361 g/mol. The predicted molar refractivity (Wildman–Crippen MR) is 95.0 cm³/mol. The molecule has 5 nitrogen and oxygen atoms in total. The van der Waals surface area contributed by atoms with Crippen LogP contribution in [0.5, 0.6) is 5.75 Å². The summed E-state index contributed by atoms with van der Waals surface area (Å²) in [4.78, 5) is 16.9. The van der Waals surface area contributed by atoms with Crippen LogP contribution in [0, 0.1) is 11.8 Å². The van der Waals surface area contributed by atoms with Crippen LogP contribution in [0.25, 0.3) is 0 Å². The van der Waals surface area contributed by atoms with Crippen molar-refractivity contribution in [2.45, 2.75) is 6.04 Å². The first-order valence-corrected chi connectivity index (χ1v) is 8.83. The van der Waals surface area contributed by atoms with Crippen molar-refractivity contribution < 1.29 is 13.9 Å². The molecule has 1 aromatic carbocycles. The molecule has 2 fully saturated rings. The minimum atomic E-state index is -0.0718. The number of benzene rings is 1. The molecule has 0 saturated carbocycles. The molecule has 25 heavy (non-hydrogen) atoms. The minimum Gasteiger partial charge on any atom is -0.497 e. The zero-order valence-electron chi connectivity index (χ0n) is 14.3. The highest BCUT2D eigenvalue weighted by Gasteiger charge is 2.47. The number of methoxy groups -OCH3 is 1. The molecule has 0 aliphatic carbocycles. The summed E-state index contributed by atoms with van der Waals surface area (Å²) in [6.45, 7) is 2.49. The molecule has 0 radical (unpaired) electrons. The number of carbonyl (C=O) groups excluding carboxylic acids is 1. The van der Waals surface area contributed by atoms with Crippen LogP contribution in [-0.4, -0.2) is 49.5 Å². The van der Waals surface area contributed by atoms with Crippen LogP contribution in [0.1, 0.15) is 22.2 Å². The molecule has 3 atom stereocenters. The largest absolute Gasteiger partial charge is 0.497 e. The Balaban J connectivity index is 1.53. The summed E-state index contributed by atoms with van der Waals surface area (Å²) in [6, 6.07) is 11.8. The highest BCUT2D eigenvalue weighted by Crippen LogP contribution is 2.44. The number of hydrogen-bond acceptors (Lipinski definition) is 4. The molecule has 132 valence electrons. The van der Waals surface area contributed by atoms with Gasteiger partial charge in [0.2, 0.25) is 0 Å². The Morgan fingerprint density at radius 3 is 2.56 bits per heavy atom. The van der Waals surface area contributed by atoms with E-state index in [1.807, 2.05) is 17.0 Å². The van der Waals surface area contributed by atoms with Crippen molar-refractivity contribution >= 4 is 17.5 Å². The molecule has 2 aliphatic heterocycles. The van der Waals surface area contributed by atoms with Gasteiger partial charge in [0, 0.05) is 31.6 Å². The maximum absolute atomic E-state index is 12.6. The Bertz CT molecular complexity index is 773. The first-order chi connectivity index (χ1) is 12.1. The van der Waals surface area contributed by atoms with Crippen LogP contribution in [-0.2, 0) is 0 Å². The lowest BCUT2D eigenvalue weighted by Crippen LogP contribution is -2.33. The van der Waals surface area contributed by atoms with E-state index in [-0.39, 0.29) is 11.1 Å². The van der Waals surface area contributed by atoms with Crippen LogP contribution < -0.4 is 4.74 Å². The standard InChI is InChI=1S/C19H21ClN2O3/c1-21-9-13-10-22(19(23)16-7-8-17(20)25-16)11-15(13)18(21)12-3-5-14(24-2)6-4-12/h3-8,13,15,18H,9-11H2,1-2H3/t13-,15+,18+/m0/s1. The second-order valence-corrected chi connectivity index (χ2v) is 7.27. The topological polar surface area (TPSA) is 45.9 Å². The molecule has 0 unspecified atom stereocenters. The molecule has 1 amide bonds. The number of halogens is 1. The van der Waals surface area contributed by atoms with Crippen molar-refractivity contribution in [3.05, 3.63) is 52.9 Å². The van der Waals surface area contributed by atoms with Crippen LogP contribution in [0.3, 0.4) is 0 Å². The van der Waals surface area contributed by atoms with Crippen LogP contribution in [0.4, 0.5) is 0 Å². The first-order valence-electron chi connectivity index (χ1n) is 8.45. The number of furan rings is 1. The number of rotatable bonds is 3. The minimum absolute atomic E-state index is 0.0718. The molecule has 1 aromatic heterocycles. The maximum atomic E-state index is 12.6. The molecule has 2 aromatic rings. The number of carbonyl (C=O) groups is 1. The van der Waals surface area contributed by atoms with E-state index in [4.69, 9.17) is 20.8 Å². The van der Waals surface area contributed by atoms with Crippen molar-refractivity contribution in [1.82, 2.24) is 9.80 Å². The van der Waals surface area contributed by atoms with E-state index in [1.54, 1.807) is 19.2 Å². The summed E-state index contributed by atoms with van der Waals surface area (Å²) in [6.07, 6.45) is 0. The predicted octanol–water partition coefficient (Wildman–Crippen LogP) is 3.32. The second kappa shape index (κ2) is 6.39. The van der Waals surface area contributed by atoms with Gasteiger partial charge in [-0.1, -0.05) is 12.1 Å². The SMILES string of the molecule is COc1ccc([C@@H]2[C@@H]3CN(C(=O)c4ccc(Cl)o4)C[C@@H]3CN2C)cc1. The smallest absolute Gasteiger partial charge is 0.289 e. The molecule has 3 heterocycles. The van der Waals surface area contributed by atoms with Gasteiger partial charge < -0.3 is 14.1 Å². The first kappa shape index (κ1) is 16.5. The van der Waals surface area contributed by atoms with Crippen molar-refractivity contribution in [2.24, 2.45) is 11.8 Å². The Morgan fingerprint density at radius 2 is 1.92 bits per heavy atom. The molecular formula is C19H21ClN2O3. The van der Waals surface area contributed by atoms with Crippen LogP contribution >= 0.6 is 11.6 Å². The van der Waals surface area contributed by atoms with Gasteiger partial charge in [0.1, 0.15) is 5.75 Å². The van der Waals surface area contributed by atoms with E-state index in [0.717, 1.165) is 25.4 Å². The Hall–Kier alpha value is -1.98. The summed E-state index contributed by atoms with van der Waals surface area (Å²) in [7, 11) is 3.83. The average Bonchev–Trinajstić information content (AvgIpc) is 3.28. The number of ether oxygens (including phenoxy) is 1. The van der Waals surface area contributed by atoms with Gasteiger partial charge in [-0.25, -0.2) is 0 Å². The van der Waals surface area contributed by atoms with Crippen molar-refractivity contribution in [3.8, 4) is 5.75 Å². The lowest BCUT2D eigenvalue weighted by molar-refractivity contribution is 0.0736. The third-order valence-electron chi connectivity index (χ3n) is 5.42. The second-order valence-electron chi connectivity index (χ2n) is 6.90. The number of hydrogen-bond donors (Lipinski definition) is 0. The number of amides is 1. The van der Waals surface area contributed by atoms with Gasteiger partial charge in [0.15, 0.2) is 11.0 Å². The fourth-order valence-electron chi connectivity index (χ4n) is 4.31. The molecule has 4 rings (SSSR count). The van der Waals surface area contributed by atoms with Gasteiger partial charge >= 0.3 is 0 Å². The number of nitrogens with zero attached hydrogens (tertiary/aromatic N) is 2. The van der Waals surface area contributed by atoms with E-state index in [9.17, 15) is 4.79 Å². The molecule has 2 aliphatic rings. The van der Waals surface area contributed by atoms with E-state index in [2.05, 4.69) is 24.1 Å². The Kier molecular flexibility index (Phi) is 4.21. The summed E-state index contributed by atoms with van der Waals surface area (Å²) in [5.74, 6) is 2.01. The highest BCUT2D eigenvalue weighted by atomic mass is 35.5. The third kappa shape index (κ3) is 2.92. The normalized spacial score (nSPS) is 26.0. The van der Waals surface area contributed by atoms with Crippen LogP contribution in [0.15, 0.2) is 40.8 Å². The van der Waals surface area contributed by atoms with Gasteiger partial charge in [0.25, 0.3) is 5.91 Å². The van der Waals surface area contributed by atoms with E-state index >= 15 is 0 Å². The highest BCUT2D eigenvalue weighted by molar-refractivity contribution is 6.29. The summed E-state index contributed by atoms with van der Waals surface area (Å²) in [5.41, 5.74) is 1.27. The number of likely N-dealkylation sites (tertiary alicyclic amines) is 2.